The number of carbonyl (C=O) groups is 2. The highest BCUT2D eigenvalue weighted by Gasteiger charge is 2.41. The minimum atomic E-state index is -0.228. The van der Waals surface area contributed by atoms with Crippen molar-refractivity contribution in [2.45, 2.75) is 40.8 Å². The molecule has 0 radical (unpaired) electrons. The van der Waals surface area contributed by atoms with E-state index in [0.29, 0.717) is 24.4 Å². The summed E-state index contributed by atoms with van der Waals surface area (Å²) in [6.45, 7) is 9.53. The third kappa shape index (κ3) is 4.61. The number of likely N-dealkylation sites (N-methyl/N-ethyl adjacent to an activating group) is 1. The minimum Gasteiger partial charge on any atom is -0.362 e. The van der Waals surface area contributed by atoms with Gasteiger partial charge in [-0.3, -0.25) is 14.5 Å². The number of rotatable bonds is 7. The van der Waals surface area contributed by atoms with E-state index in [1.54, 1.807) is 0 Å². The number of aryl methyl sites for hydroxylation is 3. The molecule has 3 aromatic carbocycles. The molecule has 33 heavy (non-hydrogen) atoms. The van der Waals surface area contributed by atoms with Gasteiger partial charge in [0.1, 0.15) is 5.70 Å². The van der Waals surface area contributed by atoms with Crippen LogP contribution in [-0.2, 0) is 22.7 Å². The fourth-order valence-electron chi connectivity index (χ4n) is 4.37. The lowest BCUT2D eigenvalue weighted by Gasteiger charge is -2.25. The van der Waals surface area contributed by atoms with Crippen molar-refractivity contribution in [3.63, 3.8) is 0 Å². The van der Waals surface area contributed by atoms with Crippen LogP contribution in [0.4, 0.5) is 0 Å². The van der Waals surface area contributed by atoms with Crippen LogP contribution in [0.15, 0.2) is 78.5 Å². The van der Waals surface area contributed by atoms with Gasteiger partial charge in [0.25, 0.3) is 11.8 Å². The van der Waals surface area contributed by atoms with Gasteiger partial charge in [0.2, 0.25) is 0 Å². The van der Waals surface area contributed by atoms with Crippen LogP contribution >= 0.6 is 0 Å². The van der Waals surface area contributed by atoms with Gasteiger partial charge in [0, 0.05) is 13.1 Å². The molecule has 3 aromatic rings. The van der Waals surface area contributed by atoms with E-state index in [1.807, 2.05) is 99.3 Å². The second kappa shape index (κ2) is 9.45. The van der Waals surface area contributed by atoms with Gasteiger partial charge in [-0.1, -0.05) is 83.9 Å². The first kappa shape index (κ1) is 22.5. The molecule has 1 aliphatic heterocycles. The largest absolute Gasteiger partial charge is 0.362 e. The Kier molecular flexibility index (Phi) is 6.45. The van der Waals surface area contributed by atoms with E-state index in [4.69, 9.17) is 0 Å². The highest BCUT2D eigenvalue weighted by atomic mass is 16.2. The van der Waals surface area contributed by atoms with Gasteiger partial charge in [-0.15, -0.1) is 0 Å². The van der Waals surface area contributed by atoms with Gasteiger partial charge in [0.05, 0.1) is 12.1 Å². The zero-order chi connectivity index (χ0) is 23.5. The van der Waals surface area contributed by atoms with Gasteiger partial charge in [-0.05, 0) is 49.9 Å². The molecule has 0 unspecified atom stereocenters. The summed E-state index contributed by atoms with van der Waals surface area (Å²) < 4.78 is 0. The summed E-state index contributed by atoms with van der Waals surface area (Å²) in [6.07, 6.45) is 0. The molecule has 0 saturated heterocycles. The van der Waals surface area contributed by atoms with Crippen molar-refractivity contribution in [2.75, 3.05) is 6.54 Å². The number of benzene rings is 3. The molecular formula is C29H30N2O2. The highest BCUT2D eigenvalue weighted by Crippen LogP contribution is 2.35. The van der Waals surface area contributed by atoms with Crippen molar-refractivity contribution in [3.05, 3.63) is 112 Å². The van der Waals surface area contributed by atoms with Crippen LogP contribution in [0.25, 0.3) is 5.57 Å². The molecule has 4 rings (SSSR count). The molecule has 0 aliphatic carbocycles. The van der Waals surface area contributed by atoms with Crippen molar-refractivity contribution in [1.82, 2.24) is 9.80 Å². The SMILES string of the molecule is CCN(Cc1ccccc1)C1=C(c2ccc(C)cc2C)C(=O)N(Cc2ccc(C)cc2)C1=O. The maximum atomic E-state index is 13.7. The lowest BCUT2D eigenvalue weighted by Crippen LogP contribution is -2.34. The fraction of sp³-hybridized carbons (Fsp3) is 0.241. The second-order valence-electron chi connectivity index (χ2n) is 8.72. The van der Waals surface area contributed by atoms with Crippen LogP contribution in [0.2, 0.25) is 0 Å². The fourth-order valence-corrected chi connectivity index (χ4v) is 4.37. The van der Waals surface area contributed by atoms with Gasteiger partial charge in [0.15, 0.2) is 0 Å². The third-order valence-electron chi connectivity index (χ3n) is 6.17. The first-order chi connectivity index (χ1) is 15.9. The smallest absolute Gasteiger partial charge is 0.278 e. The van der Waals surface area contributed by atoms with Crippen molar-refractivity contribution in [2.24, 2.45) is 0 Å². The summed E-state index contributed by atoms with van der Waals surface area (Å²) in [5.74, 6) is -0.456. The summed E-state index contributed by atoms with van der Waals surface area (Å²) in [6, 6.07) is 24.1. The Hall–Kier alpha value is -3.66. The molecule has 1 aliphatic rings. The summed E-state index contributed by atoms with van der Waals surface area (Å²) >= 11 is 0. The second-order valence-corrected chi connectivity index (χ2v) is 8.72. The van der Waals surface area contributed by atoms with Crippen LogP contribution in [0.3, 0.4) is 0 Å². The van der Waals surface area contributed by atoms with E-state index in [-0.39, 0.29) is 18.4 Å². The number of carbonyl (C=O) groups excluding carboxylic acids is 2. The molecule has 4 heteroatoms. The van der Waals surface area contributed by atoms with Crippen LogP contribution in [0.5, 0.6) is 0 Å². The van der Waals surface area contributed by atoms with E-state index in [2.05, 4.69) is 6.07 Å². The number of imide groups is 1. The Morgan fingerprint density at radius 2 is 1.42 bits per heavy atom. The van der Waals surface area contributed by atoms with Crippen LogP contribution in [0.1, 0.15) is 40.3 Å². The molecule has 0 atom stereocenters. The Balaban J connectivity index is 1.79. The first-order valence-electron chi connectivity index (χ1n) is 11.4. The lowest BCUT2D eigenvalue weighted by molar-refractivity contribution is -0.138. The number of hydrogen-bond donors (Lipinski definition) is 0. The highest BCUT2D eigenvalue weighted by molar-refractivity contribution is 6.35. The van der Waals surface area contributed by atoms with Crippen molar-refractivity contribution >= 4 is 17.4 Å². The molecule has 0 aromatic heterocycles. The Morgan fingerprint density at radius 1 is 0.758 bits per heavy atom. The van der Waals surface area contributed by atoms with E-state index in [1.165, 1.54) is 4.90 Å². The average Bonchev–Trinajstić information content (AvgIpc) is 3.04. The first-order valence-corrected chi connectivity index (χ1v) is 11.4. The molecule has 4 nitrogen and oxygen atoms in total. The Labute approximate surface area is 196 Å². The van der Waals surface area contributed by atoms with Gasteiger partial charge in [-0.25, -0.2) is 0 Å². The van der Waals surface area contributed by atoms with E-state index < -0.39 is 0 Å². The number of nitrogens with zero attached hydrogens (tertiary/aromatic N) is 2. The molecule has 0 bridgehead atoms. The standard InChI is InChI=1S/C29H30N2O2/c1-5-30(18-23-9-7-6-8-10-23)27-26(25-16-13-21(3)17-22(25)4)28(32)31(29(27)33)19-24-14-11-20(2)12-15-24/h6-17H,5,18-19H2,1-4H3. The predicted octanol–water partition coefficient (Wildman–Crippen LogP) is 5.41. The van der Waals surface area contributed by atoms with Gasteiger partial charge < -0.3 is 4.90 Å². The van der Waals surface area contributed by atoms with Crippen molar-refractivity contribution in [3.8, 4) is 0 Å². The zero-order valence-electron chi connectivity index (χ0n) is 19.8. The van der Waals surface area contributed by atoms with Crippen LogP contribution < -0.4 is 0 Å². The maximum Gasteiger partial charge on any atom is 0.278 e. The Morgan fingerprint density at radius 3 is 2.06 bits per heavy atom. The van der Waals surface area contributed by atoms with E-state index in [0.717, 1.165) is 33.4 Å². The quantitative estimate of drug-likeness (QED) is 0.463. The summed E-state index contributed by atoms with van der Waals surface area (Å²) in [5, 5.41) is 0. The zero-order valence-corrected chi connectivity index (χ0v) is 19.8. The van der Waals surface area contributed by atoms with E-state index >= 15 is 0 Å². The van der Waals surface area contributed by atoms with Gasteiger partial charge in [-0.2, -0.15) is 0 Å². The Bertz CT molecular complexity index is 1210. The molecule has 168 valence electrons. The molecule has 2 amide bonds. The molecule has 0 fully saturated rings. The molecule has 0 N–H and O–H groups in total. The molecule has 0 saturated carbocycles. The normalized spacial score (nSPS) is 13.8. The third-order valence-corrected chi connectivity index (χ3v) is 6.17. The maximum absolute atomic E-state index is 13.7. The predicted molar refractivity (Wildman–Crippen MR) is 132 cm³/mol. The average molecular weight is 439 g/mol. The molecular weight excluding hydrogens is 408 g/mol. The van der Waals surface area contributed by atoms with Crippen LogP contribution in [-0.4, -0.2) is 28.2 Å². The van der Waals surface area contributed by atoms with Crippen molar-refractivity contribution < 1.29 is 9.59 Å². The summed E-state index contributed by atoms with van der Waals surface area (Å²) in [5.41, 5.74) is 7.13. The van der Waals surface area contributed by atoms with Crippen LogP contribution in [0, 0.1) is 20.8 Å². The van der Waals surface area contributed by atoms with Gasteiger partial charge >= 0.3 is 0 Å². The number of hydrogen-bond acceptors (Lipinski definition) is 3. The van der Waals surface area contributed by atoms with Crippen molar-refractivity contribution in [1.29, 1.82) is 0 Å². The summed E-state index contributed by atoms with van der Waals surface area (Å²) in [4.78, 5) is 30.9. The topological polar surface area (TPSA) is 40.6 Å². The molecule has 1 heterocycles. The lowest BCUT2D eigenvalue weighted by atomic mass is 9.97. The number of amides is 2. The summed E-state index contributed by atoms with van der Waals surface area (Å²) in [7, 11) is 0. The molecule has 0 spiro atoms. The van der Waals surface area contributed by atoms with E-state index in [9.17, 15) is 9.59 Å². The minimum absolute atomic E-state index is 0.228. The monoisotopic (exact) mass is 438 g/mol.